The third-order valence-corrected chi connectivity index (χ3v) is 2.20. The van der Waals surface area contributed by atoms with Gasteiger partial charge in [-0.3, -0.25) is 10.1 Å². The number of fused-ring (bicyclic) bond motifs is 1. The maximum Gasteiger partial charge on any atom is 0.108 e. The number of aryl methyl sites for hydroxylation is 1. The van der Waals surface area contributed by atoms with E-state index < -0.39 is 0 Å². The van der Waals surface area contributed by atoms with Crippen LogP contribution in [-0.2, 0) is 0 Å². The minimum absolute atomic E-state index is 0.819. The average Bonchev–Trinajstić information content (AvgIpc) is 2.29. The van der Waals surface area contributed by atoms with Crippen molar-refractivity contribution in [2.45, 2.75) is 13.8 Å². The summed E-state index contributed by atoms with van der Waals surface area (Å²) in [6, 6.07) is 0. The summed E-state index contributed by atoms with van der Waals surface area (Å²) in [6.45, 7) is 8.03. The first-order chi connectivity index (χ1) is 5.70. The van der Waals surface area contributed by atoms with Crippen molar-refractivity contribution in [3.63, 3.8) is 0 Å². The van der Waals surface area contributed by atoms with Gasteiger partial charge >= 0.3 is 0 Å². The molecule has 0 saturated heterocycles. The Morgan fingerprint density at radius 1 is 1.50 bits per heavy atom. The van der Waals surface area contributed by atoms with Crippen LogP contribution in [0.1, 0.15) is 16.8 Å². The molecule has 0 radical (unpaired) electrons. The number of hydrogen-bond donors (Lipinski definition) is 1. The largest absolute Gasteiger partial charge is 0.284 e. The molecule has 12 heavy (non-hydrogen) atoms. The Bertz CT molecular complexity index is 371. The van der Waals surface area contributed by atoms with Crippen molar-refractivity contribution >= 4 is 12.0 Å². The van der Waals surface area contributed by atoms with Crippen LogP contribution in [0.4, 0.5) is 0 Å². The fraction of sp³-hybridized carbons (Fsp3) is 0.222. The molecule has 0 aromatic carbocycles. The SMILES string of the molecule is C=C1N=CNn2cc(C)c(C)c21. The molecule has 0 spiro atoms. The van der Waals surface area contributed by atoms with E-state index in [0.29, 0.717) is 0 Å². The Kier molecular flexibility index (Phi) is 1.33. The number of nitrogens with zero attached hydrogens (tertiary/aromatic N) is 2. The van der Waals surface area contributed by atoms with Gasteiger partial charge in [-0.1, -0.05) is 6.58 Å². The third-order valence-electron chi connectivity index (χ3n) is 2.20. The lowest BCUT2D eigenvalue weighted by Gasteiger charge is -2.13. The summed E-state index contributed by atoms with van der Waals surface area (Å²) in [6.07, 6.45) is 3.69. The van der Waals surface area contributed by atoms with Crippen LogP contribution in [0.25, 0.3) is 5.70 Å². The minimum Gasteiger partial charge on any atom is -0.284 e. The molecule has 0 atom stereocenters. The highest BCUT2D eigenvalue weighted by Gasteiger charge is 2.13. The molecular formula is C9H11N3. The Hall–Kier alpha value is -1.51. The molecule has 0 aliphatic carbocycles. The van der Waals surface area contributed by atoms with Crippen LogP contribution >= 0.6 is 0 Å². The molecule has 0 bridgehead atoms. The summed E-state index contributed by atoms with van der Waals surface area (Å²) in [5.74, 6) is 0. The molecule has 2 rings (SSSR count). The van der Waals surface area contributed by atoms with E-state index in [0.717, 1.165) is 11.4 Å². The van der Waals surface area contributed by atoms with Crippen molar-refractivity contribution in [1.82, 2.24) is 4.68 Å². The smallest absolute Gasteiger partial charge is 0.108 e. The Morgan fingerprint density at radius 3 is 2.92 bits per heavy atom. The first-order valence-corrected chi connectivity index (χ1v) is 3.87. The van der Waals surface area contributed by atoms with Crippen molar-refractivity contribution in [2.24, 2.45) is 4.99 Å². The van der Waals surface area contributed by atoms with Gasteiger partial charge in [0.15, 0.2) is 0 Å². The fourth-order valence-corrected chi connectivity index (χ4v) is 1.41. The molecule has 2 heterocycles. The molecular weight excluding hydrogens is 150 g/mol. The van der Waals surface area contributed by atoms with Crippen molar-refractivity contribution in [3.05, 3.63) is 29.6 Å². The molecule has 62 valence electrons. The summed E-state index contributed by atoms with van der Waals surface area (Å²) in [7, 11) is 0. The molecule has 0 unspecified atom stereocenters. The average molecular weight is 161 g/mol. The van der Waals surface area contributed by atoms with Gasteiger partial charge in [0, 0.05) is 6.20 Å². The molecule has 1 aromatic rings. The van der Waals surface area contributed by atoms with Crippen molar-refractivity contribution < 1.29 is 0 Å². The summed E-state index contributed by atoms with van der Waals surface area (Å²) >= 11 is 0. The van der Waals surface area contributed by atoms with Gasteiger partial charge in [-0.05, 0) is 25.0 Å². The zero-order chi connectivity index (χ0) is 8.72. The van der Waals surface area contributed by atoms with Crippen LogP contribution in [0.5, 0.6) is 0 Å². The molecule has 1 aliphatic heterocycles. The van der Waals surface area contributed by atoms with Crippen molar-refractivity contribution in [2.75, 3.05) is 5.43 Å². The summed E-state index contributed by atoms with van der Waals surface area (Å²) < 4.78 is 1.94. The zero-order valence-corrected chi connectivity index (χ0v) is 7.26. The number of aromatic nitrogens is 1. The number of aliphatic imine (C=N–C) groups is 1. The van der Waals surface area contributed by atoms with Crippen molar-refractivity contribution in [1.29, 1.82) is 0 Å². The van der Waals surface area contributed by atoms with Gasteiger partial charge in [-0.15, -0.1) is 0 Å². The van der Waals surface area contributed by atoms with Crippen molar-refractivity contribution in [3.8, 4) is 0 Å². The summed E-state index contributed by atoms with van der Waals surface area (Å²) in [5, 5.41) is 0. The molecule has 3 nitrogen and oxygen atoms in total. The zero-order valence-electron chi connectivity index (χ0n) is 7.26. The van der Waals surface area contributed by atoms with Crippen LogP contribution in [0.2, 0.25) is 0 Å². The quantitative estimate of drug-likeness (QED) is 0.616. The number of hydrogen-bond acceptors (Lipinski definition) is 2. The standard InChI is InChI=1S/C9H11N3/c1-6-4-12-9(7(6)2)8(3)10-5-11-12/h4-5H,3H2,1-2H3,(H,10,11). The van der Waals surface area contributed by atoms with Crippen LogP contribution in [0.3, 0.4) is 0 Å². The Balaban J connectivity index is 2.66. The lowest BCUT2D eigenvalue weighted by molar-refractivity contribution is 0.951. The lowest BCUT2D eigenvalue weighted by Crippen LogP contribution is -2.17. The predicted octanol–water partition coefficient (Wildman–Crippen LogP) is 1.66. The molecule has 1 aliphatic rings. The summed E-state index contributed by atoms with van der Waals surface area (Å²) in [4.78, 5) is 4.09. The molecule has 1 aromatic heterocycles. The molecule has 0 saturated carbocycles. The maximum atomic E-state index is 4.09. The first-order valence-electron chi connectivity index (χ1n) is 3.87. The van der Waals surface area contributed by atoms with Crippen LogP contribution < -0.4 is 5.43 Å². The van der Waals surface area contributed by atoms with Gasteiger partial charge in [0.2, 0.25) is 0 Å². The monoisotopic (exact) mass is 161 g/mol. The molecule has 0 amide bonds. The lowest BCUT2D eigenvalue weighted by atomic mass is 10.1. The van der Waals surface area contributed by atoms with E-state index in [4.69, 9.17) is 0 Å². The third kappa shape index (κ3) is 0.794. The van der Waals surface area contributed by atoms with Crippen LogP contribution in [0, 0.1) is 13.8 Å². The molecule has 0 fully saturated rings. The predicted molar refractivity (Wildman–Crippen MR) is 50.8 cm³/mol. The fourth-order valence-electron chi connectivity index (χ4n) is 1.41. The van der Waals surface area contributed by atoms with Crippen LogP contribution in [0.15, 0.2) is 17.8 Å². The Labute approximate surface area is 71.4 Å². The van der Waals surface area contributed by atoms with Gasteiger partial charge < -0.3 is 0 Å². The second-order valence-electron chi connectivity index (χ2n) is 2.99. The normalized spacial score (nSPS) is 14.3. The van der Waals surface area contributed by atoms with E-state index in [1.807, 2.05) is 10.9 Å². The topological polar surface area (TPSA) is 29.3 Å². The second-order valence-corrected chi connectivity index (χ2v) is 2.99. The van der Waals surface area contributed by atoms with E-state index in [9.17, 15) is 0 Å². The van der Waals surface area contributed by atoms with Gasteiger partial charge in [0.25, 0.3) is 0 Å². The Morgan fingerprint density at radius 2 is 2.25 bits per heavy atom. The van der Waals surface area contributed by atoms with Crippen LogP contribution in [-0.4, -0.2) is 11.0 Å². The van der Waals surface area contributed by atoms with E-state index in [1.54, 1.807) is 6.34 Å². The highest BCUT2D eigenvalue weighted by Crippen LogP contribution is 2.23. The second kappa shape index (κ2) is 2.24. The minimum atomic E-state index is 0.819. The first kappa shape index (κ1) is 7.16. The maximum absolute atomic E-state index is 4.09. The highest BCUT2D eigenvalue weighted by atomic mass is 15.4. The molecule has 1 N–H and O–H groups in total. The van der Waals surface area contributed by atoms with E-state index in [1.165, 1.54) is 11.1 Å². The van der Waals surface area contributed by atoms with E-state index >= 15 is 0 Å². The number of nitrogens with one attached hydrogen (secondary N) is 1. The highest BCUT2D eigenvalue weighted by molar-refractivity contribution is 5.80. The number of rotatable bonds is 0. The van der Waals surface area contributed by atoms with Gasteiger partial charge in [-0.25, -0.2) is 4.99 Å². The van der Waals surface area contributed by atoms with Gasteiger partial charge in [0.05, 0.1) is 11.4 Å². The van der Waals surface area contributed by atoms with Gasteiger partial charge in [-0.2, -0.15) is 0 Å². The van der Waals surface area contributed by atoms with E-state index in [2.05, 4.69) is 30.8 Å². The van der Waals surface area contributed by atoms with E-state index in [-0.39, 0.29) is 0 Å². The molecule has 3 heteroatoms. The van der Waals surface area contributed by atoms with Gasteiger partial charge in [0.1, 0.15) is 6.34 Å². The summed E-state index contributed by atoms with van der Waals surface area (Å²) in [5.41, 5.74) is 7.41.